The zero-order valence-electron chi connectivity index (χ0n) is 14.9. The molecule has 3 amide bonds. The van der Waals surface area contributed by atoms with Gasteiger partial charge in [-0.15, -0.1) is 0 Å². The van der Waals surface area contributed by atoms with Crippen molar-refractivity contribution in [3.63, 3.8) is 0 Å². The third-order valence-corrected chi connectivity index (χ3v) is 6.39. The number of hydrogen-bond donors (Lipinski definition) is 0. The molecule has 0 radical (unpaired) electrons. The molecule has 0 aromatic heterocycles. The summed E-state index contributed by atoms with van der Waals surface area (Å²) >= 11 is 9.64. The summed E-state index contributed by atoms with van der Waals surface area (Å²) in [4.78, 5) is 40.3. The van der Waals surface area contributed by atoms with Crippen LogP contribution in [0.5, 0.6) is 0 Å². The summed E-state index contributed by atoms with van der Waals surface area (Å²) in [7, 11) is 0. The number of amides is 3. The van der Waals surface area contributed by atoms with Crippen LogP contribution in [-0.2, 0) is 14.4 Å². The molecule has 2 aromatic rings. The minimum Gasteiger partial charge on any atom is -0.274 e. The number of fused-ring (bicyclic) bond motifs is 1. The number of para-hydroxylation sites is 1. The number of halogens is 2. The molecule has 2 heterocycles. The summed E-state index contributed by atoms with van der Waals surface area (Å²) in [5, 5.41) is 0. The minimum absolute atomic E-state index is 0.0599. The van der Waals surface area contributed by atoms with Crippen molar-refractivity contribution in [2.45, 2.75) is 12.8 Å². The van der Waals surface area contributed by atoms with Crippen LogP contribution in [0.4, 0.5) is 15.8 Å². The highest BCUT2D eigenvalue weighted by Crippen LogP contribution is 2.43. The van der Waals surface area contributed by atoms with Crippen LogP contribution in [0, 0.1) is 5.82 Å². The van der Waals surface area contributed by atoms with Crippen molar-refractivity contribution in [1.82, 2.24) is 0 Å². The van der Waals surface area contributed by atoms with E-state index in [2.05, 4.69) is 15.9 Å². The highest BCUT2D eigenvalue weighted by molar-refractivity contribution is 9.10. The molecule has 0 spiro atoms. The van der Waals surface area contributed by atoms with Gasteiger partial charge < -0.3 is 0 Å². The molecular formula is C20H12BrFN2O3S2. The Morgan fingerprint density at radius 2 is 1.93 bits per heavy atom. The fourth-order valence-electron chi connectivity index (χ4n) is 3.33. The van der Waals surface area contributed by atoms with Gasteiger partial charge in [0.2, 0.25) is 11.8 Å². The lowest BCUT2D eigenvalue weighted by Gasteiger charge is -2.15. The van der Waals surface area contributed by atoms with Crippen LogP contribution < -0.4 is 9.80 Å². The standard InChI is InChI=1S/C20H12BrFN2O3S2/c1-10(25)23-15-7-6-11(21)8-12(15)13(18(23)26)9-17-19(27)24(20(28)29-17)16-5-3-2-4-14(16)22/h2-9,13H,1H3. The van der Waals surface area contributed by atoms with Crippen molar-refractivity contribution in [2.75, 3.05) is 9.80 Å². The maximum atomic E-state index is 14.2. The molecule has 0 aliphatic carbocycles. The van der Waals surface area contributed by atoms with E-state index in [1.54, 1.807) is 24.3 Å². The number of nitrogens with zero attached hydrogens (tertiary/aromatic N) is 2. The Hall–Kier alpha value is -2.36. The fraction of sp³-hybridized carbons (Fsp3) is 0.100. The Morgan fingerprint density at radius 3 is 2.62 bits per heavy atom. The van der Waals surface area contributed by atoms with Gasteiger partial charge in [-0.2, -0.15) is 0 Å². The molecule has 2 aliphatic heterocycles. The van der Waals surface area contributed by atoms with E-state index in [9.17, 15) is 18.8 Å². The second-order valence-electron chi connectivity index (χ2n) is 6.36. The summed E-state index contributed by atoms with van der Waals surface area (Å²) in [6.07, 6.45) is 1.50. The maximum Gasteiger partial charge on any atom is 0.270 e. The summed E-state index contributed by atoms with van der Waals surface area (Å²) < 4.78 is 15.1. The van der Waals surface area contributed by atoms with Crippen LogP contribution in [-0.4, -0.2) is 22.0 Å². The Labute approximate surface area is 183 Å². The Morgan fingerprint density at radius 1 is 1.21 bits per heavy atom. The molecule has 4 rings (SSSR count). The zero-order chi connectivity index (χ0) is 20.9. The van der Waals surface area contributed by atoms with Crippen LogP contribution in [0.15, 0.2) is 57.9 Å². The molecule has 0 N–H and O–H groups in total. The topological polar surface area (TPSA) is 57.7 Å². The van der Waals surface area contributed by atoms with E-state index in [1.807, 2.05) is 0 Å². The van der Waals surface area contributed by atoms with E-state index in [1.165, 1.54) is 31.2 Å². The number of hydrogen-bond acceptors (Lipinski definition) is 5. The van der Waals surface area contributed by atoms with E-state index in [4.69, 9.17) is 12.2 Å². The summed E-state index contributed by atoms with van der Waals surface area (Å²) in [5.41, 5.74) is 1.15. The van der Waals surface area contributed by atoms with Gasteiger partial charge in [0, 0.05) is 11.4 Å². The molecule has 1 fully saturated rings. The van der Waals surface area contributed by atoms with Crippen LogP contribution in [0.2, 0.25) is 0 Å². The molecule has 1 atom stereocenters. The smallest absolute Gasteiger partial charge is 0.270 e. The predicted molar refractivity (Wildman–Crippen MR) is 117 cm³/mol. The predicted octanol–water partition coefficient (Wildman–Crippen LogP) is 4.51. The molecule has 1 saturated heterocycles. The summed E-state index contributed by atoms with van der Waals surface area (Å²) in [6, 6.07) is 11.0. The van der Waals surface area contributed by atoms with Crippen molar-refractivity contribution >= 4 is 73.3 Å². The number of rotatable bonds is 2. The fourth-order valence-corrected chi connectivity index (χ4v) is 5.00. The van der Waals surface area contributed by atoms with Gasteiger partial charge in [0.15, 0.2) is 4.32 Å². The van der Waals surface area contributed by atoms with Gasteiger partial charge in [0.05, 0.1) is 22.2 Å². The number of benzene rings is 2. The average Bonchev–Trinajstić information content (AvgIpc) is 3.09. The third-order valence-electron chi connectivity index (χ3n) is 4.57. The number of anilines is 2. The van der Waals surface area contributed by atoms with Gasteiger partial charge in [-0.1, -0.05) is 52.0 Å². The molecule has 9 heteroatoms. The second kappa shape index (κ2) is 7.47. The monoisotopic (exact) mass is 490 g/mol. The highest BCUT2D eigenvalue weighted by atomic mass is 79.9. The Bertz CT molecular complexity index is 1130. The maximum absolute atomic E-state index is 14.2. The second-order valence-corrected chi connectivity index (χ2v) is 8.96. The van der Waals surface area contributed by atoms with E-state index >= 15 is 0 Å². The number of imide groups is 1. The minimum atomic E-state index is -0.818. The molecule has 2 aromatic carbocycles. The Kier molecular flexibility index (Phi) is 5.14. The van der Waals surface area contributed by atoms with E-state index in [-0.39, 0.29) is 14.9 Å². The lowest BCUT2D eigenvalue weighted by atomic mass is 10.00. The van der Waals surface area contributed by atoms with Gasteiger partial charge in [-0.3, -0.25) is 19.3 Å². The van der Waals surface area contributed by atoms with Gasteiger partial charge in [0.25, 0.3) is 5.91 Å². The van der Waals surface area contributed by atoms with Crippen LogP contribution >= 0.6 is 39.9 Å². The van der Waals surface area contributed by atoms with E-state index in [0.29, 0.717) is 11.3 Å². The number of carbonyl (C=O) groups is 3. The van der Waals surface area contributed by atoms with Crippen molar-refractivity contribution in [2.24, 2.45) is 0 Å². The van der Waals surface area contributed by atoms with Gasteiger partial charge in [0.1, 0.15) is 5.82 Å². The molecule has 0 saturated carbocycles. The molecule has 1 unspecified atom stereocenters. The van der Waals surface area contributed by atoms with Crippen LogP contribution in [0.25, 0.3) is 0 Å². The Balaban J connectivity index is 1.75. The van der Waals surface area contributed by atoms with Crippen LogP contribution in [0.3, 0.4) is 0 Å². The quantitative estimate of drug-likeness (QED) is 0.457. The van der Waals surface area contributed by atoms with Crippen LogP contribution in [0.1, 0.15) is 18.4 Å². The van der Waals surface area contributed by atoms with Crippen molar-refractivity contribution < 1.29 is 18.8 Å². The number of thiocarbonyl (C=S) groups is 1. The van der Waals surface area contributed by atoms with E-state index in [0.717, 1.165) is 26.0 Å². The lowest BCUT2D eigenvalue weighted by molar-refractivity contribution is -0.125. The van der Waals surface area contributed by atoms with Gasteiger partial charge in [-0.25, -0.2) is 9.29 Å². The summed E-state index contributed by atoms with van der Waals surface area (Å²) in [5.74, 6) is -2.74. The molecule has 5 nitrogen and oxygen atoms in total. The van der Waals surface area contributed by atoms with Gasteiger partial charge >= 0.3 is 0 Å². The van der Waals surface area contributed by atoms with Crippen molar-refractivity contribution in [3.05, 3.63) is 69.3 Å². The summed E-state index contributed by atoms with van der Waals surface area (Å²) in [6.45, 7) is 1.31. The molecule has 146 valence electrons. The average molecular weight is 491 g/mol. The molecular weight excluding hydrogens is 479 g/mol. The van der Waals surface area contributed by atoms with Gasteiger partial charge in [-0.05, 0) is 42.0 Å². The largest absolute Gasteiger partial charge is 0.274 e. The number of thioether (sulfide) groups is 1. The highest BCUT2D eigenvalue weighted by Gasteiger charge is 2.41. The van der Waals surface area contributed by atoms with E-state index < -0.39 is 29.5 Å². The van der Waals surface area contributed by atoms with Crippen molar-refractivity contribution in [3.8, 4) is 0 Å². The first-order valence-corrected chi connectivity index (χ1v) is 10.5. The molecule has 29 heavy (non-hydrogen) atoms. The molecule has 0 bridgehead atoms. The lowest BCUT2D eigenvalue weighted by Crippen LogP contribution is -2.33. The third kappa shape index (κ3) is 3.33. The first-order valence-electron chi connectivity index (χ1n) is 8.46. The zero-order valence-corrected chi connectivity index (χ0v) is 18.1. The normalized spacial score (nSPS) is 20.0. The first kappa shape index (κ1) is 19.9. The van der Waals surface area contributed by atoms with Crippen molar-refractivity contribution in [1.29, 1.82) is 0 Å². The first-order chi connectivity index (χ1) is 13.8. The molecule has 2 aliphatic rings. The number of carbonyl (C=O) groups excluding carboxylic acids is 3. The SMILES string of the molecule is CC(=O)N1C(=O)C(C=C2SC(=S)N(c3ccccc3F)C2=O)c2cc(Br)ccc21.